The second kappa shape index (κ2) is 6.44. The summed E-state index contributed by atoms with van der Waals surface area (Å²) < 4.78 is 40.6. The summed E-state index contributed by atoms with van der Waals surface area (Å²) in [5.74, 6) is 0.742. The third kappa shape index (κ3) is 6.11. The Bertz CT molecular complexity index is 324. The van der Waals surface area contributed by atoms with Gasteiger partial charge in [-0.25, -0.2) is 4.98 Å². The van der Waals surface area contributed by atoms with E-state index in [0.29, 0.717) is 0 Å². The molecule has 96 valence electrons. The molecule has 0 saturated carbocycles. The van der Waals surface area contributed by atoms with Gasteiger partial charge in [0.2, 0.25) is 0 Å². The number of hydrogen-bond donors (Lipinski definition) is 1. The van der Waals surface area contributed by atoms with Crippen molar-refractivity contribution in [3.05, 3.63) is 23.9 Å². The van der Waals surface area contributed by atoms with Gasteiger partial charge in [-0.1, -0.05) is 6.07 Å². The molecule has 1 heterocycles. The summed E-state index contributed by atoms with van der Waals surface area (Å²) in [6.45, 7) is 0.391. The molecule has 0 aliphatic heterocycles. The van der Waals surface area contributed by atoms with Crippen molar-refractivity contribution in [2.24, 2.45) is 0 Å². The van der Waals surface area contributed by atoms with Crippen LogP contribution in [0.2, 0.25) is 0 Å². The van der Waals surface area contributed by atoms with Crippen LogP contribution in [0, 0.1) is 0 Å². The van der Waals surface area contributed by atoms with Crippen LogP contribution in [0.3, 0.4) is 0 Å². The van der Waals surface area contributed by atoms with Crippen LogP contribution in [0.4, 0.5) is 19.0 Å². The van der Waals surface area contributed by atoms with E-state index in [1.165, 1.54) is 0 Å². The average molecular weight is 248 g/mol. The molecular weight excluding hydrogens is 233 g/mol. The van der Waals surface area contributed by atoms with Crippen LogP contribution in [-0.2, 0) is 11.3 Å². The van der Waals surface area contributed by atoms with Crippen LogP contribution in [0.15, 0.2) is 18.3 Å². The zero-order valence-corrected chi connectivity index (χ0v) is 9.55. The third-order valence-electron chi connectivity index (χ3n) is 2.10. The topological polar surface area (TPSA) is 34.1 Å². The van der Waals surface area contributed by atoms with Gasteiger partial charge in [-0.15, -0.1) is 0 Å². The minimum atomic E-state index is -4.10. The van der Waals surface area contributed by atoms with E-state index in [0.717, 1.165) is 11.4 Å². The highest BCUT2D eigenvalue weighted by molar-refractivity contribution is 5.34. The monoisotopic (exact) mass is 248 g/mol. The fourth-order valence-corrected chi connectivity index (χ4v) is 1.22. The van der Waals surface area contributed by atoms with Gasteiger partial charge in [0, 0.05) is 26.3 Å². The maximum absolute atomic E-state index is 11.8. The van der Waals surface area contributed by atoms with Crippen LogP contribution >= 0.6 is 0 Å². The first-order chi connectivity index (χ1) is 8.01. The van der Waals surface area contributed by atoms with Crippen molar-refractivity contribution in [1.82, 2.24) is 4.98 Å². The Morgan fingerprint density at radius 3 is 2.65 bits per heavy atom. The van der Waals surface area contributed by atoms with E-state index >= 15 is 0 Å². The number of ether oxygens (including phenoxy) is 1. The van der Waals surface area contributed by atoms with Gasteiger partial charge in [-0.05, 0) is 18.1 Å². The number of halogens is 3. The number of aromatic nitrogens is 1. The first kappa shape index (κ1) is 13.8. The van der Waals surface area contributed by atoms with Crippen LogP contribution in [0.1, 0.15) is 18.4 Å². The molecule has 0 bridgehead atoms. The summed E-state index contributed by atoms with van der Waals surface area (Å²) in [6, 6.07) is 3.61. The Kier molecular flexibility index (Phi) is 5.21. The molecule has 1 N–H and O–H groups in total. The van der Waals surface area contributed by atoms with E-state index in [1.54, 1.807) is 19.3 Å². The SMILES string of the molecule is CNc1ccc(COCCCC(F)(F)F)cn1. The molecule has 0 spiro atoms. The van der Waals surface area contributed by atoms with E-state index < -0.39 is 12.6 Å². The third-order valence-corrected chi connectivity index (χ3v) is 2.10. The van der Waals surface area contributed by atoms with Crippen LogP contribution in [0.25, 0.3) is 0 Å². The van der Waals surface area contributed by atoms with Gasteiger partial charge in [0.15, 0.2) is 0 Å². The van der Waals surface area contributed by atoms with Gasteiger partial charge in [0.25, 0.3) is 0 Å². The molecule has 1 rings (SSSR count). The van der Waals surface area contributed by atoms with Gasteiger partial charge < -0.3 is 10.1 Å². The van der Waals surface area contributed by atoms with Crippen molar-refractivity contribution in [3.63, 3.8) is 0 Å². The quantitative estimate of drug-likeness (QED) is 0.786. The molecule has 0 radical (unpaired) electrons. The van der Waals surface area contributed by atoms with Gasteiger partial charge >= 0.3 is 6.18 Å². The number of rotatable bonds is 6. The molecule has 3 nitrogen and oxygen atoms in total. The van der Waals surface area contributed by atoms with Crippen molar-refractivity contribution < 1.29 is 17.9 Å². The van der Waals surface area contributed by atoms with E-state index in [4.69, 9.17) is 4.74 Å². The smallest absolute Gasteiger partial charge is 0.377 e. The minimum absolute atomic E-state index is 0.00841. The van der Waals surface area contributed by atoms with E-state index in [2.05, 4.69) is 10.3 Å². The first-order valence-corrected chi connectivity index (χ1v) is 5.28. The van der Waals surface area contributed by atoms with Gasteiger partial charge in [-0.2, -0.15) is 13.2 Å². The largest absolute Gasteiger partial charge is 0.389 e. The zero-order chi connectivity index (χ0) is 12.7. The highest BCUT2D eigenvalue weighted by atomic mass is 19.4. The maximum atomic E-state index is 11.8. The molecule has 1 aromatic heterocycles. The Hall–Kier alpha value is -1.30. The molecule has 17 heavy (non-hydrogen) atoms. The lowest BCUT2D eigenvalue weighted by molar-refractivity contribution is -0.138. The lowest BCUT2D eigenvalue weighted by Gasteiger charge is -2.07. The predicted molar refractivity (Wildman–Crippen MR) is 58.7 cm³/mol. The van der Waals surface area contributed by atoms with Crippen molar-refractivity contribution in [3.8, 4) is 0 Å². The predicted octanol–water partition coefficient (Wildman–Crippen LogP) is 2.98. The first-order valence-electron chi connectivity index (χ1n) is 5.28. The average Bonchev–Trinajstić information content (AvgIpc) is 2.28. The lowest BCUT2D eigenvalue weighted by atomic mass is 10.3. The van der Waals surface area contributed by atoms with Crippen molar-refractivity contribution in [1.29, 1.82) is 0 Å². The van der Waals surface area contributed by atoms with Crippen molar-refractivity contribution >= 4 is 5.82 Å². The fourth-order valence-electron chi connectivity index (χ4n) is 1.22. The molecule has 0 saturated heterocycles. The van der Waals surface area contributed by atoms with Gasteiger partial charge in [0.05, 0.1) is 6.61 Å². The number of anilines is 1. The second-order valence-electron chi connectivity index (χ2n) is 3.57. The highest BCUT2D eigenvalue weighted by Crippen LogP contribution is 2.21. The maximum Gasteiger partial charge on any atom is 0.389 e. The molecule has 1 aromatic rings. The summed E-state index contributed by atoms with van der Waals surface area (Å²) in [6.07, 6.45) is -3.27. The minimum Gasteiger partial charge on any atom is -0.377 e. The van der Waals surface area contributed by atoms with Crippen LogP contribution < -0.4 is 5.32 Å². The molecule has 6 heteroatoms. The molecule has 0 aliphatic rings. The number of alkyl halides is 3. The fraction of sp³-hybridized carbons (Fsp3) is 0.545. The Morgan fingerprint density at radius 1 is 1.35 bits per heavy atom. The Balaban J connectivity index is 2.18. The van der Waals surface area contributed by atoms with Crippen LogP contribution in [-0.4, -0.2) is 24.8 Å². The summed E-state index contributed by atoms with van der Waals surface area (Å²) >= 11 is 0. The molecule has 0 aromatic carbocycles. The molecule has 0 atom stereocenters. The molecule has 0 aliphatic carbocycles. The summed E-state index contributed by atoms with van der Waals surface area (Å²) in [7, 11) is 1.76. The molecule has 0 unspecified atom stereocenters. The Morgan fingerprint density at radius 2 is 2.12 bits per heavy atom. The van der Waals surface area contributed by atoms with Crippen LogP contribution in [0.5, 0.6) is 0 Å². The number of hydrogen-bond acceptors (Lipinski definition) is 3. The Labute approximate surface area is 98.0 Å². The molecule has 0 fully saturated rings. The summed E-state index contributed by atoms with van der Waals surface area (Å²) in [4.78, 5) is 4.06. The lowest BCUT2D eigenvalue weighted by Crippen LogP contribution is -2.08. The summed E-state index contributed by atoms with van der Waals surface area (Å²) in [5, 5.41) is 2.87. The number of nitrogens with zero attached hydrogens (tertiary/aromatic N) is 1. The van der Waals surface area contributed by atoms with E-state index in [-0.39, 0.29) is 19.6 Å². The standard InChI is InChI=1S/C11H15F3N2O/c1-15-10-4-3-9(7-16-10)8-17-6-2-5-11(12,13)14/h3-4,7H,2,5-6,8H2,1H3,(H,15,16). The number of nitrogens with one attached hydrogen (secondary N) is 1. The van der Waals surface area contributed by atoms with Gasteiger partial charge in [-0.3, -0.25) is 0 Å². The highest BCUT2D eigenvalue weighted by Gasteiger charge is 2.25. The summed E-state index contributed by atoms with van der Waals surface area (Å²) in [5.41, 5.74) is 0.844. The van der Waals surface area contributed by atoms with Gasteiger partial charge in [0.1, 0.15) is 5.82 Å². The van der Waals surface area contributed by atoms with E-state index in [9.17, 15) is 13.2 Å². The normalized spacial score (nSPS) is 11.5. The van der Waals surface area contributed by atoms with Crippen molar-refractivity contribution in [2.45, 2.75) is 25.6 Å². The van der Waals surface area contributed by atoms with E-state index in [1.807, 2.05) is 6.07 Å². The van der Waals surface area contributed by atoms with Crippen molar-refractivity contribution in [2.75, 3.05) is 19.0 Å². The second-order valence-corrected chi connectivity index (χ2v) is 3.57. The zero-order valence-electron chi connectivity index (χ0n) is 9.55. The molecule has 0 amide bonds. The number of pyridine rings is 1. The molecular formula is C11H15F3N2O.